The summed E-state index contributed by atoms with van der Waals surface area (Å²) in [5.74, 6) is 0.839. The van der Waals surface area contributed by atoms with E-state index in [1.165, 1.54) is 0 Å². The number of ether oxygens (including phenoxy) is 1. The molecule has 0 saturated carbocycles. The lowest BCUT2D eigenvalue weighted by molar-refractivity contribution is 0.0933. The summed E-state index contributed by atoms with van der Waals surface area (Å²) >= 11 is 0. The van der Waals surface area contributed by atoms with E-state index in [0.29, 0.717) is 24.3 Å². The van der Waals surface area contributed by atoms with Crippen LogP contribution in [0.4, 0.5) is 0 Å². The zero-order valence-corrected chi connectivity index (χ0v) is 9.22. The van der Waals surface area contributed by atoms with Gasteiger partial charge in [0, 0.05) is 24.4 Å². The Labute approximate surface area is 99.1 Å². The third-order valence-electron chi connectivity index (χ3n) is 2.86. The van der Waals surface area contributed by atoms with Gasteiger partial charge in [0.25, 0.3) is 0 Å². The van der Waals surface area contributed by atoms with E-state index in [9.17, 15) is 4.79 Å². The molecule has 1 aromatic carbocycles. The fraction of sp³-hybridized carbons (Fsp3) is 0.143. The van der Waals surface area contributed by atoms with Crippen LogP contribution in [0, 0.1) is 0 Å². The Morgan fingerprint density at radius 1 is 1.18 bits per heavy atom. The molecule has 3 nitrogen and oxygen atoms in total. The average Bonchev–Trinajstić information content (AvgIpc) is 2.40. The van der Waals surface area contributed by atoms with Crippen molar-refractivity contribution in [3.05, 3.63) is 48.3 Å². The molecule has 3 heteroatoms. The van der Waals surface area contributed by atoms with Crippen molar-refractivity contribution in [2.24, 2.45) is 0 Å². The second-order valence-corrected chi connectivity index (χ2v) is 3.97. The molecule has 84 valence electrons. The molecule has 1 aromatic heterocycles. The zero-order chi connectivity index (χ0) is 11.7. The lowest BCUT2D eigenvalue weighted by atomic mass is 10.00. The van der Waals surface area contributed by atoms with E-state index in [4.69, 9.17) is 4.74 Å². The fourth-order valence-electron chi connectivity index (χ4n) is 1.97. The minimum Gasteiger partial charge on any atom is -0.492 e. The van der Waals surface area contributed by atoms with Gasteiger partial charge in [-0.25, -0.2) is 0 Å². The average molecular weight is 225 g/mol. The Balaban J connectivity index is 2.07. The summed E-state index contributed by atoms with van der Waals surface area (Å²) in [7, 11) is 0. The molecule has 0 atom stereocenters. The molecule has 0 N–H and O–H groups in total. The Morgan fingerprint density at radius 2 is 2.12 bits per heavy atom. The maximum Gasteiger partial charge on any atom is 0.169 e. The fourth-order valence-corrected chi connectivity index (χ4v) is 1.97. The van der Waals surface area contributed by atoms with Crippen molar-refractivity contribution >= 4 is 5.78 Å². The Kier molecular flexibility index (Phi) is 2.37. The SMILES string of the molecule is O=C1CCOc2cc(-c3cccnc3)ccc21. The highest BCUT2D eigenvalue weighted by Gasteiger charge is 2.18. The van der Waals surface area contributed by atoms with Crippen molar-refractivity contribution in [3.63, 3.8) is 0 Å². The smallest absolute Gasteiger partial charge is 0.169 e. The van der Waals surface area contributed by atoms with E-state index in [0.717, 1.165) is 11.1 Å². The summed E-state index contributed by atoms with van der Waals surface area (Å²) in [6.45, 7) is 0.475. The van der Waals surface area contributed by atoms with Gasteiger partial charge < -0.3 is 4.74 Å². The highest BCUT2D eigenvalue weighted by Crippen LogP contribution is 2.30. The van der Waals surface area contributed by atoms with E-state index in [1.54, 1.807) is 12.4 Å². The van der Waals surface area contributed by atoms with E-state index >= 15 is 0 Å². The predicted molar refractivity (Wildman–Crippen MR) is 64.1 cm³/mol. The van der Waals surface area contributed by atoms with Gasteiger partial charge in [-0.2, -0.15) is 0 Å². The minimum absolute atomic E-state index is 0.156. The summed E-state index contributed by atoms with van der Waals surface area (Å²) in [5, 5.41) is 0. The molecule has 0 fully saturated rings. The summed E-state index contributed by atoms with van der Waals surface area (Å²) in [4.78, 5) is 15.7. The molecule has 1 aliphatic rings. The first kappa shape index (κ1) is 10.0. The standard InChI is InChI=1S/C14H11NO2/c16-13-5-7-17-14-8-10(3-4-12(13)14)11-2-1-6-15-9-11/h1-4,6,8-9H,5,7H2. The molecule has 2 heterocycles. The summed E-state index contributed by atoms with van der Waals surface area (Å²) in [5.41, 5.74) is 2.73. The maximum absolute atomic E-state index is 11.6. The lowest BCUT2D eigenvalue weighted by Gasteiger charge is -2.16. The third-order valence-corrected chi connectivity index (χ3v) is 2.86. The number of hydrogen-bond donors (Lipinski definition) is 0. The summed E-state index contributed by atoms with van der Waals surface area (Å²) < 4.78 is 5.51. The molecule has 17 heavy (non-hydrogen) atoms. The third kappa shape index (κ3) is 1.80. The first-order valence-electron chi connectivity index (χ1n) is 5.55. The number of ketones is 1. The molecule has 0 spiro atoms. The monoisotopic (exact) mass is 225 g/mol. The topological polar surface area (TPSA) is 39.2 Å². The van der Waals surface area contributed by atoms with Gasteiger partial charge in [0.1, 0.15) is 5.75 Å². The number of carbonyl (C=O) groups is 1. The van der Waals surface area contributed by atoms with Crippen LogP contribution in [-0.4, -0.2) is 17.4 Å². The minimum atomic E-state index is 0.156. The number of benzene rings is 1. The van der Waals surface area contributed by atoms with Gasteiger partial charge >= 0.3 is 0 Å². The predicted octanol–water partition coefficient (Wildman–Crippen LogP) is 2.71. The first-order chi connectivity index (χ1) is 8.34. The van der Waals surface area contributed by atoms with Crippen molar-refractivity contribution < 1.29 is 9.53 Å². The van der Waals surface area contributed by atoms with Gasteiger partial charge in [-0.3, -0.25) is 9.78 Å². The molecule has 0 aliphatic carbocycles. The van der Waals surface area contributed by atoms with Crippen LogP contribution in [0.1, 0.15) is 16.8 Å². The van der Waals surface area contributed by atoms with Crippen LogP contribution in [0.15, 0.2) is 42.7 Å². The van der Waals surface area contributed by atoms with Crippen LogP contribution in [0.3, 0.4) is 0 Å². The highest BCUT2D eigenvalue weighted by atomic mass is 16.5. The van der Waals surface area contributed by atoms with Crippen LogP contribution in [-0.2, 0) is 0 Å². The molecular formula is C14H11NO2. The van der Waals surface area contributed by atoms with Crippen molar-refractivity contribution in [2.45, 2.75) is 6.42 Å². The van der Waals surface area contributed by atoms with Crippen molar-refractivity contribution in [1.29, 1.82) is 0 Å². The number of rotatable bonds is 1. The van der Waals surface area contributed by atoms with E-state index < -0.39 is 0 Å². The Morgan fingerprint density at radius 3 is 2.94 bits per heavy atom. The van der Waals surface area contributed by atoms with E-state index in [1.807, 2.05) is 30.3 Å². The van der Waals surface area contributed by atoms with Gasteiger partial charge in [0.15, 0.2) is 5.78 Å². The molecule has 0 unspecified atom stereocenters. The molecular weight excluding hydrogens is 214 g/mol. The quantitative estimate of drug-likeness (QED) is 0.749. The first-order valence-corrected chi connectivity index (χ1v) is 5.55. The van der Waals surface area contributed by atoms with Gasteiger partial charge in [0.05, 0.1) is 12.2 Å². The van der Waals surface area contributed by atoms with Gasteiger partial charge in [-0.15, -0.1) is 0 Å². The van der Waals surface area contributed by atoms with Crippen LogP contribution in [0.5, 0.6) is 5.75 Å². The number of aromatic nitrogens is 1. The van der Waals surface area contributed by atoms with Crippen molar-refractivity contribution in [3.8, 4) is 16.9 Å². The Bertz CT molecular complexity index is 564. The molecule has 1 aliphatic heterocycles. The van der Waals surface area contributed by atoms with Gasteiger partial charge in [0.2, 0.25) is 0 Å². The molecule has 3 rings (SSSR count). The number of hydrogen-bond acceptors (Lipinski definition) is 3. The molecule has 0 amide bonds. The van der Waals surface area contributed by atoms with Gasteiger partial charge in [-0.05, 0) is 23.8 Å². The van der Waals surface area contributed by atoms with E-state index in [2.05, 4.69) is 4.98 Å². The number of nitrogens with zero attached hydrogens (tertiary/aromatic N) is 1. The molecule has 0 saturated heterocycles. The van der Waals surface area contributed by atoms with Crippen LogP contribution >= 0.6 is 0 Å². The summed E-state index contributed by atoms with van der Waals surface area (Å²) in [6, 6.07) is 9.55. The van der Waals surface area contributed by atoms with Crippen LogP contribution in [0.2, 0.25) is 0 Å². The molecule has 0 bridgehead atoms. The highest BCUT2D eigenvalue weighted by molar-refractivity contribution is 6.00. The van der Waals surface area contributed by atoms with Crippen molar-refractivity contribution in [1.82, 2.24) is 4.98 Å². The molecule has 0 radical (unpaired) electrons. The summed E-state index contributed by atoms with van der Waals surface area (Å²) in [6.07, 6.45) is 4.01. The largest absolute Gasteiger partial charge is 0.492 e. The van der Waals surface area contributed by atoms with Crippen molar-refractivity contribution in [2.75, 3.05) is 6.61 Å². The second kappa shape index (κ2) is 4.01. The zero-order valence-electron chi connectivity index (χ0n) is 9.22. The number of Topliss-reactive ketones (excluding diaryl/α,β-unsaturated/α-hetero) is 1. The maximum atomic E-state index is 11.6. The number of carbonyl (C=O) groups excluding carboxylic acids is 1. The van der Waals surface area contributed by atoms with Gasteiger partial charge in [-0.1, -0.05) is 12.1 Å². The Hall–Kier alpha value is -2.16. The van der Waals surface area contributed by atoms with E-state index in [-0.39, 0.29) is 5.78 Å². The lowest BCUT2D eigenvalue weighted by Crippen LogP contribution is -2.15. The molecule has 2 aromatic rings. The second-order valence-electron chi connectivity index (χ2n) is 3.97. The normalized spacial score (nSPS) is 14.0. The van der Waals surface area contributed by atoms with Crippen LogP contribution in [0.25, 0.3) is 11.1 Å². The number of pyridine rings is 1. The van der Waals surface area contributed by atoms with Crippen LogP contribution < -0.4 is 4.74 Å². The number of fused-ring (bicyclic) bond motifs is 1.